The third-order valence-corrected chi connectivity index (χ3v) is 6.21. The lowest BCUT2D eigenvalue weighted by molar-refractivity contribution is 0.463. The lowest BCUT2D eigenvalue weighted by Crippen LogP contribution is -1.98. The van der Waals surface area contributed by atoms with Crippen molar-refractivity contribution in [3.63, 3.8) is 0 Å². The third kappa shape index (κ3) is 4.88. The number of hydrogen-bond acceptors (Lipinski definition) is 9. The van der Waals surface area contributed by atoms with E-state index in [-0.39, 0.29) is 39.3 Å². The van der Waals surface area contributed by atoms with Gasteiger partial charge in [0.25, 0.3) is 0 Å². The fourth-order valence-electron chi connectivity index (χ4n) is 3.17. The number of nitrogens with zero attached hydrogens (tertiary/aromatic N) is 4. The van der Waals surface area contributed by atoms with E-state index in [0.29, 0.717) is 10.9 Å². The summed E-state index contributed by atoms with van der Waals surface area (Å²) < 4.78 is 33.9. The summed E-state index contributed by atoms with van der Waals surface area (Å²) in [6.07, 6.45) is 0. The molecular formula is C23H16ClN4O5S-. The molecule has 34 heavy (non-hydrogen) atoms. The largest absolute Gasteiger partial charge is 0.744 e. The molecule has 0 saturated carbocycles. The maximum Gasteiger partial charge on any atom is 0.145 e. The number of aryl methyl sites for hydroxylation is 1. The predicted molar refractivity (Wildman–Crippen MR) is 126 cm³/mol. The standard InChI is InChI=1S/C23H17ClN4O5S/c1-13-10-19(27-28-23-16-5-3-2-4-14(16)6-9-20(23)29)21(30)12-18(13)26-25-15-7-8-17(24)22(11-15)34(31,32)33/h2-12,29-30H,1H3,(H,31,32,33)/p-1. The monoisotopic (exact) mass is 495 g/mol. The van der Waals surface area contributed by atoms with Crippen LogP contribution in [0.25, 0.3) is 10.8 Å². The average molecular weight is 496 g/mol. The Bertz CT molecular complexity index is 1590. The van der Waals surface area contributed by atoms with Crippen LogP contribution in [0.15, 0.2) is 92.1 Å². The van der Waals surface area contributed by atoms with Crippen LogP contribution in [-0.4, -0.2) is 23.2 Å². The maximum atomic E-state index is 11.3. The molecule has 2 N–H and O–H groups in total. The smallest absolute Gasteiger partial charge is 0.145 e. The van der Waals surface area contributed by atoms with Crippen molar-refractivity contribution in [2.75, 3.05) is 0 Å². The second-order valence-electron chi connectivity index (χ2n) is 7.25. The number of phenolic OH excluding ortho intramolecular Hbond substituents is 2. The van der Waals surface area contributed by atoms with Crippen molar-refractivity contribution in [2.24, 2.45) is 20.5 Å². The minimum atomic E-state index is -4.77. The molecule has 0 aliphatic carbocycles. The molecule has 0 fully saturated rings. The van der Waals surface area contributed by atoms with Gasteiger partial charge in [0, 0.05) is 11.5 Å². The second kappa shape index (κ2) is 9.18. The molecule has 11 heteroatoms. The molecule has 0 heterocycles. The first-order valence-electron chi connectivity index (χ1n) is 9.77. The Labute approximate surface area is 199 Å². The van der Waals surface area contributed by atoms with Crippen molar-refractivity contribution in [3.05, 3.63) is 77.3 Å². The van der Waals surface area contributed by atoms with Gasteiger partial charge in [-0.2, -0.15) is 10.2 Å². The van der Waals surface area contributed by atoms with Gasteiger partial charge >= 0.3 is 0 Å². The highest BCUT2D eigenvalue weighted by Crippen LogP contribution is 2.39. The number of aromatic hydroxyl groups is 2. The lowest BCUT2D eigenvalue weighted by atomic mass is 10.1. The molecule has 4 aromatic rings. The number of hydrogen-bond donors (Lipinski definition) is 2. The zero-order valence-corrected chi connectivity index (χ0v) is 19.1. The van der Waals surface area contributed by atoms with E-state index >= 15 is 0 Å². The highest BCUT2D eigenvalue weighted by molar-refractivity contribution is 7.85. The highest BCUT2D eigenvalue weighted by atomic mass is 35.5. The van der Waals surface area contributed by atoms with Gasteiger partial charge in [-0.1, -0.05) is 41.9 Å². The Morgan fingerprint density at radius 3 is 2.32 bits per heavy atom. The molecule has 172 valence electrons. The van der Waals surface area contributed by atoms with Gasteiger partial charge < -0.3 is 14.8 Å². The van der Waals surface area contributed by atoms with E-state index in [1.807, 2.05) is 18.2 Å². The molecule has 0 unspecified atom stereocenters. The topological polar surface area (TPSA) is 147 Å². The van der Waals surface area contributed by atoms with Crippen LogP contribution in [0.5, 0.6) is 11.5 Å². The third-order valence-electron chi connectivity index (χ3n) is 4.89. The summed E-state index contributed by atoms with van der Waals surface area (Å²) >= 11 is 5.76. The van der Waals surface area contributed by atoms with Crippen LogP contribution in [0.4, 0.5) is 22.7 Å². The minimum absolute atomic E-state index is 0.0495. The normalized spacial score (nSPS) is 12.2. The summed E-state index contributed by atoms with van der Waals surface area (Å²) in [6, 6.07) is 17.2. The lowest BCUT2D eigenvalue weighted by Gasteiger charge is -2.09. The Kier molecular flexibility index (Phi) is 6.29. The van der Waals surface area contributed by atoms with Crippen LogP contribution in [0, 0.1) is 6.92 Å². The van der Waals surface area contributed by atoms with Gasteiger partial charge in [0.15, 0.2) is 0 Å². The summed E-state index contributed by atoms with van der Waals surface area (Å²) in [7, 11) is -4.77. The molecular weight excluding hydrogens is 480 g/mol. The molecule has 9 nitrogen and oxygen atoms in total. The Balaban J connectivity index is 1.65. The average Bonchev–Trinajstić information content (AvgIpc) is 2.79. The Morgan fingerprint density at radius 2 is 1.56 bits per heavy atom. The Hall–Kier alpha value is -3.86. The number of halogens is 1. The van der Waals surface area contributed by atoms with Crippen molar-refractivity contribution in [3.8, 4) is 11.5 Å². The van der Waals surface area contributed by atoms with E-state index in [1.165, 1.54) is 30.3 Å². The van der Waals surface area contributed by atoms with Crippen LogP contribution < -0.4 is 0 Å². The van der Waals surface area contributed by atoms with Crippen molar-refractivity contribution < 1.29 is 23.2 Å². The van der Waals surface area contributed by atoms with Gasteiger partial charge in [-0.25, -0.2) is 8.42 Å². The van der Waals surface area contributed by atoms with Gasteiger partial charge in [-0.3, -0.25) is 0 Å². The quantitative estimate of drug-likeness (QED) is 0.227. The summed E-state index contributed by atoms with van der Waals surface area (Å²) in [5.41, 5.74) is 1.38. The van der Waals surface area contributed by atoms with Gasteiger partial charge in [0.1, 0.15) is 33.0 Å². The first-order chi connectivity index (χ1) is 16.1. The van der Waals surface area contributed by atoms with Gasteiger partial charge in [0.2, 0.25) is 0 Å². The van der Waals surface area contributed by atoms with Crippen LogP contribution >= 0.6 is 11.6 Å². The van der Waals surface area contributed by atoms with Gasteiger partial charge in [-0.05, 0) is 48.2 Å². The zero-order valence-electron chi connectivity index (χ0n) is 17.5. The van der Waals surface area contributed by atoms with E-state index < -0.39 is 15.0 Å². The Morgan fingerprint density at radius 1 is 0.824 bits per heavy atom. The van der Waals surface area contributed by atoms with Gasteiger partial charge in [0.05, 0.1) is 21.3 Å². The molecule has 4 rings (SSSR count). The summed E-state index contributed by atoms with van der Waals surface area (Å²) in [6.45, 7) is 1.71. The van der Waals surface area contributed by atoms with Crippen LogP contribution in [-0.2, 0) is 10.1 Å². The zero-order chi connectivity index (χ0) is 24.5. The molecule has 0 aliphatic rings. The molecule has 0 amide bonds. The molecule has 0 aliphatic heterocycles. The fraction of sp³-hybridized carbons (Fsp3) is 0.0435. The van der Waals surface area contributed by atoms with E-state index in [1.54, 1.807) is 19.1 Å². The van der Waals surface area contributed by atoms with Crippen molar-refractivity contribution in [1.29, 1.82) is 0 Å². The summed E-state index contributed by atoms with van der Waals surface area (Å²) in [5.74, 6) is -0.284. The molecule has 0 saturated heterocycles. The first-order valence-corrected chi connectivity index (χ1v) is 11.6. The van der Waals surface area contributed by atoms with E-state index in [2.05, 4.69) is 20.5 Å². The maximum absolute atomic E-state index is 11.3. The number of azo groups is 2. The number of fused-ring (bicyclic) bond motifs is 1. The summed E-state index contributed by atoms with van der Waals surface area (Å²) in [5, 5.41) is 38.1. The SMILES string of the molecule is Cc1cc(N=Nc2c(O)ccc3ccccc23)c(O)cc1N=Nc1ccc(Cl)c(S(=O)(=O)[O-])c1. The molecule has 0 bridgehead atoms. The van der Waals surface area contributed by atoms with Crippen molar-refractivity contribution in [2.45, 2.75) is 11.8 Å². The molecule has 0 atom stereocenters. The van der Waals surface area contributed by atoms with Crippen LogP contribution in [0.1, 0.15) is 5.56 Å². The van der Waals surface area contributed by atoms with Crippen LogP contribution in [0.2, 0.25) is 5.02 Å². The van der Waals surface area contributed by atoms with E-state index in [9.17, 15) is 23.2 Å². The molecule has 4 aromatic carbocycles. The molecule has 0 radical (unpaired) electrons. The fourth-order valence-corrected chi connectivity index (χ4v) is 4.14. The van der Waals surface area contributed by atoms with Crippen LogP contribution in [0.3, 0.4) is 0 Å². The second-order valence-corrected chi connectivity index (χ2v) is 9.01. The molecule has 0 aromatic heterocycles. The summed E-state index contributed by atoms with van der Waals surface area (Å²) in [4.78, 5) is -0.599. The molecule has 0 spiro atoms. The van der Waals surface area contributed by atoms with Crippen molar-refractivity contribution >= 4 is 55.2 Å². The van der Waals surface area contributed by atoms with Crippen molar-refractivity contribution in [1.82, 2.24) is 0 Å². The van der Waals surface area contributed by atoms with E-state index in [4.69, 9.17) is 11.6 Å². The van der Waals surface area contributed by atoms with E-state index in [0.717, 1.165) is 11.5 Å². The first kappa shape index (κ1) is 23.3. The number of rotatable bonds is 5. The predicted octanol–water partition coefficient (Wildman–Crippen LogP) is 6.95. The highest BCUT2D eigenvalue weighted by Gasteiger charge is 2.11. The minimum Gasteiger partial charge on any atom is -0.744 e. The number of benzene rings is 4. The van der Waals surface area contributed by atoms with Gasteiger partial charge in [-0.15, -0.1) is 10.2 Å². The number of phenols is 2.